The molecule has 0 radical (unpaired) electrons. The average Bonchev–Trinajstić information content (AvgIpc) is 2.63. The van der Waals surface area contributed by atoms with Crippen molar-refractivity contribution >= 4 is 11.3 Å². The molecule has 3 nitrogen and oxygen atoms in total. The highest BCUT2D eigenvalue weighted by atomic mass is 32.1. The molecule has 0 bridgehead atoms. The molecule has 0 fully saturated rings. The molecule has 0 spiro atoms. The van der Waals surface area contributed by atoms with Gasteiger partial charge >= 0.3 is 0 Å². The number of thiophene rings is 1. The Morgan fingerprint density at radius 3 is 2.76 bits per heavy atom. The quantitative estimate of drug-likeness (QED) is 0.725. The third-order valence-corrected chi connectivity index (χ3v) is 3.51. The topological polar surface area (TPSA) is 32.7 Å². The lowest BCUT2D eigenvalue weighted by Crippen LogP contribution is -2.31. The number of nitrogens with zero attached hydrogens (tertiary/aromatic N) is 1. The van der Waals surface area contributed by atoms with Gasteiger partial charge in [0.2, 0.25) is 0 Å². The fraction of sp³-hybridized carbons (Fsp3) is 0.692. The van der Waals surface area contributed by atoms with Gasteiger partial charge in [-0.1, -0.05) is 0 Å². The Balaban J connectivity index is 2.44. The first kappa shape index (κ1) is 14.6. The molecule has 0 aliphatic rings. The van der Waals surface area contributed by atoms with Crippen LogP contribution in [-0.2, 0) is 11.3 Å². The van der Waals surface area contributed by atoms with Gasteiger partial charge in [0.25, 0.3) is 0 Å². The van der Waals surface area contributed by atoms with Gasteiger partial charge in [-0.15, -0.1) is 11.3 Å². The van der Waals surface area contributed by atoms with E-state index in [1.807, 2.05) is 18.3 Å². The Morgan fingerprint density at radius 1 is 1.47 bits per heavy atom. The standard InChI is InChI=1S/C13H23NO2S/c1-11(15)9-14(7-4-8-16-3)10-13-6-5-12(2)17-13/h5-6,11,15H,4,7-10H2,1-3H3. The van der Waals surface area contributed by atoms with E-state index in [2.05, 4.69) is 24.0 Å². The van der Waals surface area contributed by atoms with Crippen LogP contribution in [0.15, 0.2) is 12.1 Å². The maximum Gasteiger partial charge on any atom is 0.0639 e. The van der Waals surface area contributed by atoms with Gasteiger partial charge in [-0.05, 0) is 32.4 Å². The van der Waals surface area contributed by atoms with Crippen LogP contribution in [0.5, 0.6) is 0 Å². The average molecular weight is 257 g/mol. The lowest BCUT2D eigenvalue weighted by Gasteiger charge is -2.22. The number of aliphatic hydroxyl groups excluding tert-OH is 1. The molecule has 1 unspecified atom stereocenters. The number of methoxy groups -OCH3 is 1. The Bertz CT molecular complexity index is 312. The maximum atomic E-state index is 9.49. The predicted molar refractivity (Wildman–Crippen MR) is 72.5 cm³/mol. The number of aliphatic hydroxyl groups is 1. The number of ether oxygens (including phenoxy) is 1. The van der Waals surface area contributed by atoms with Gasteiger partial charge in [0.1, 0.15) is 0 Å². The predicted octanol–water partition coefficient (Wildman–Crippen LogP) is 2.28. The zero-order valence-corrected chi connectivity index (χ0v) is 11.8. The second kappa shape index (κ2) is 7.82. The second-order valence-corrected chi connectivity index (χ2v) is 5.82. The summed E-state index contributed by atoms with van der Waals surface area (Å²) in [7, 11) is 1.72. The number of rotatable bonds is 8. The fourth-order valence-corrected chi connectivity index (χ4v) is 2.76. The molecule has 4 heteroatoms. The van der Waals surface area contributed by atoms with Gasteiger partial charge in [-0.2, -0.15) is 0 Å². The maximum absolute atomic E-state index is 9.49. The van der Waals surface area contributed by atoms with Crippen molar-refractivity contribution in [3.8, 4) is 0 Å². The van der Waals surface area contributed by atoms with E-state index in [-0.39, 0.29) is 6.10 Å². The van der Waals surface area contributed by atoms with Gasteiger partial charge in [0.15, 0.2) is 0 Å². The van der Waals surface area contributed by atoms with Crippen molar-refractivity contribution in [1.29, 1.82) is 0 Å². The summed E-state index contributed by atoms with van der Waals surface area (Å²) < 4.78 is 5.06. The minimum Gasteiger partial charge on any atom is -0.392 e. The van der Waals surface area contributed by atoms with E-state index in [1.165, 1.54) is 9.75 Å². The van der Waals surface area contributed by atoms with Gasteiger partial charge in [0, 0.05) is 43.1 Å². The van der Waals surface area contributed by atoms with Gasteiger partial charge in [0.05, 0.1) is 6.10 Å². The van der Waals surface area contributed by atoms with E-state index in [1.54, 1.807) is 7.11 Å². The molecule has 98 valence electrons. The van der Waals surface area contributed by atoms with Gasteiger partial charge in [-0.3, -0.25) is 4.90 Å². The highest BCUT2D eigenvalue weighted by Gasteiger charge is 2.09. The van der Waals surface area contributed by atoms with E-state index in [9.17, 15) is 5.11 Å². The molecule has 0 saturated carbocycles. The second-order valence-electron chi connectivity index (χ2n) is 4.44. The van der Waals surface area contributed by atoms with Crippen molar-refractivity contribution in [2.75, 3.05) is 26.8 Å². The molecule has 1 aromatic heterocycles. The van der Waals surface area contributed by atoms with Crippen LogP contribution < -0.4 is 0 Å². The van der Waals surface area contributed by atoms with Crippen molar-refractivity contribution < 1.29 is 9.84 Å². The zero-order valence-electron chi connectivity index (χ0n) is 11.0. The number of hydrogen-bond donors (Lipinski definition) is 1. The minimum absolute atomic E-state index is 0.279. The molecular weight excluding hydrogens is 234 g/mol. The molecule has 1 N–H and O–H groups in total. The first-order valence-electron chi connectivity index (χ1n) is 6.06. The molecule has 1 heterocycles. The molecule has 1 rings (SSSR count). The van der Waals surface area contributed by atoms with Crippen LogP contribution in [0.2, 0.25) is 0 Å². The Hall–Kier alpha value is -0.420. The SMILES string of the molecule is COCCCN(Cc1ccc(C)s1)CC(C)O. The third-order valence-electron chi connectivity index (χ3n) is 2.52. The monoisotopic (exact) mass is 257 g/mol. The molecule has 17 heavy (non-hydrogen) atoms. The Morgan fingerprint density at radius 2 is 2.24 bits per heavy atom. The summed E-state index contributed by atoms with van der Waals surface area (Å²) in [6, 6.07) is 4.32. The molecule has 0 amide bonds. The highest BCUT2D eigenvalue weighted by Crippen LogP contribution is 2.17. The Kier molecular flexibility index (Phi) is 6.73. The summed E-state index contributed by atoms with van der Waals surface area (Å²) in [5, 5.41) is 9.49. The summed E-state index contributed by atoms with van der Waals surface area (Å²) in [4.78, 5) is 4.99. The minimum atomic E-state index is -0.279. The summed E-state index contributed by atoms with van der Waals surface area (Å²) in [6.45, 7) is 7.35. The molecule has 0 aliphatic heterocycles. The summed E-state index contributed by atoms with van der Waals surface area (Å²) >= 11 is 1.83. The third kappa shape index (κ3) is 6.17. The molecular formula is C13H23NO2S. The zero-order chi connectivity index (χ0) is 12.7. The van der Waals surface area contributed by atoms with E-state index in [0.717, 1.165) is 32.7 Å². The first-order chi connectivity index (χ1) is 8.11. The molecule has 0 aromatic carbocycles. The fourth-order valence-electron chi connectivity index (χ4n) is 1.83. The van der Waals surface area contributed by atoms with Gasteiger partial charge < -0.3 is 9.84 Å². The largest absolute Gasteiger partial charge is 0.392 e. The van der Waals surface area contributed by atoms with Crippen LogP contribution in [0.25, 0.3) is 0 Å². The highest BCUT2D eigenvalue weighted by molar-refractivity contribution is 7.11. The van der Waals surface area contributed by atoms with Crippen molar-refractivity contribution in [2.45, 2.75) is 32.9 Å². The van der Waals surface area contributed by atoms with E-state index in [4.69, 9.17) is 4.74 Å². The molecule has 1 atom stereocenters. The van der Waals surface area contributed by atoms with Gasteiger partial charge in [-0.25, -0.2) is 0 Å². The number of aryl methyl sites for hydroxylation is 1. The molecule has 1 aromatic rings. The van der Waals surface area contributed by atoms with Crippen LogP contribution in [0.3, 0.4) is 0 Å². The molecule has 0 aliphatic carbocycles. The lowest BCUT2D eigenvalue weighted by molar-refractivity contribution is 0.111. The van der Waals surface area contributed by atoms with Crippen LogP contribution >= 0.6 is 11.3 Å². The smallest absolute Gasteiger partial charge is 0.0639 e. The normalized spacial score (nSPS) is 13.2. The van der Waals surface area contributed by atoms with Crippen molar-refractivity contribution in [3.05, 3.63) is 21.9 Å². The molecule has 0 saturated heterocycles. The van der Waals surface area contributed by atoms with E-state index in [0.29, 0.717) is 0 Å². The number of hydrogen-bond acceptors (Lipinski definition) is 4. The lowest BCUT2D eigenvalue weighted by atomic mass is 10.3. The van der Waals surface area contributed by atoms with Crippen LogP contribution in [0, 0.1) is 6.92 Å². The summed E-state index contributed by atoms with van der Waals surface area (Å²) in [5.41, 5.74) is 0. The van der Waals surface area contributed by atoms with Crippen LogP contribution in [-0.4, -0.2) is 42.9 Å². The van der Waals surface area contributed by atoms with Crippen LogP contribution in [0.1, 0.15) is 23.1 Å². The van der Waals surface area contributed by atoms with Crippen LogP contribution in [0.4, 0.5) is 0 Å². The first-order valence-corrected chi connectivity index (χ1v) is 6.88. The summed E-state index contributed by atoms with van der Waals surface area (Å²) in [6.07, 6.45) is 0.728. The summed E-state index contributed by atoms with van der Waals surface area (Å²) in [5.74, 6) is 0. The van der Waals surface area contributed by atoms with Crippen molar-refractivity contribution in [3.63, 3.8) is 0 Å². The van der Waals surface area contributed by atoms with E-state index < -0.39 is 0 Å². The van der Waals surface area contributed by atoms with E-state index >= 15 is 0 Å². The van der Waals surface area contributed by atoms with Crippen molar-refractivity contribution in [1.82, 2.24) is 4.90 Å². The van der Waals surface area contributed by atoms with Crippen molar-refractivity contribution in [2.24, 2.45) is 0 Å². The Labute approximate surface area is 108 Å².